The van der Waals surface area contributed by atoms with E-state index in [0.717, 1.165) is 43.4 Å². The molecule has 0 radical (unpaired) electrons. The van der Waals surface area contributed by atoms with Crippen molar-refractivity contribution in [2.75, 3.05) is 26.9 Å². The van der Waals surface area contributed by atoms with Gasteiger partial charge in [0.1, 0.15) is 11.5 Å². The monoisotopic (exact) mass is 569 g/mol. The van der Waals surface area contributed by atoms with Gasteiger partial charge in [-0.1, -0.05) is 54.6 Å². The summed E-state index contributed by atoms with van der Waals surface area (Å²) < 4.78 is 26.7. The Balaban J connectivity index is 1.37. The maximum Gasteiger partial charge on any atom is 0.469 e. The number of methoxy groups -OCH3 is 1. The summed E-state index contributed by atoms with van der Waals surface area (Å²) in [5.74, 6) is 1.50. The van der Waals surface area contributed by atoms with Crippen LogP contribution in [0.3, 0.4) is 0 Å². The normalized spacial score (nSPS) is 11.3. The van der Waals surface area contributed by atoms with Crippen LogP contribution in [0.1, 0.15) is 48.8 Å². The van der Waals surface area contributed by atoms with Gasteiger partial charge in [-0.25, -0.2) is 4.57 Å². The van der Waals surface area contributed by atoms with Crippen molar-refractivity contribution < 1.29 is 33.1 Å². The SMILES string of the molecule is COc1ccc(CN(CCOP(=O)(O)O)C(=O)CCCCc2ccc(OCCCCc3ccccc3)cc2)cc1. The molecule has 0 saturated heterocycles. The lowest BCUT2D eigenvalue weighted by molar-refractivity contribution is -0.132. The molecular formula is C31H40NO7P. The summed E-state index contributed by atoms with van der Waals surface area (Å²) in [5.41, 5.74) is 3.44. The summed E-state index contributed by atoms with van der Waals surface area (Å²) in [7, 11) is -3.01. The minimum absolute atomic E-state index is 0.0823. The quantitative estimate of drug-likeness (QED) is 0.144. The van der Waals surface area contributed by atoms with Crippen LogP contribution in [0.25, 0.3) is 0 Å². The molecule has 0 aliphatic heterocycles. The number of benzene rings is 3. The average Bonchev–Trinajstić information content (AvgIpc) is 2.95. The van der Waals surface area contributed by atoms with E-state index in [4.69, 9.17) is 19.3 Å². The summed E-state index contributed by atoms with van der Waals surface area (Å²) in [6.07, 6.45) is 5.91. The van der Waals surface area contributed by atoms with Crippen molar-refractivity contribution in [3.63, 3.8) is 0 Å². The molecule has 0 fully saturated rings. The lowest BCUT2D eigenvalue weighted by Gasteiger charge is -2.23. The second-order valence-electron chi connectivity index (χ2n) is 9.63. The molecule has 9 heteroatoms. The molecule has 0 aliphatic rings. The molecule has 0 aromatic heterocycles. The Morgan fingerprint density at radius 3 is 2.00 bits per heavy atom. The van der Waals surface area contributed by atoms with Crippen molar-refractivity contribution in [2.24, 2.45) is 0 Å². The summed E-state index contributed by atoms with van der Waals surface area (Å²) >= 11 is 0. The molecule has 0 spiro atoms. The van der Waals surface area contributed by atoms with E-state index < -0.39 is 7.82 Å². The van der Waals surface area contributed by atoms with Crippen molar-refractivity contribution in [2.45, 2.75) is 51.5 Å². The smallest absolute Gasteiger partial charge is 0.469 e. The molecule has 1 amide bonds. The first-order chi connectivity index (χ1) is 19.3. The molecule has 0 aliphatic carbocycles. The van der Waals surface area contributed by atoms with Gasteiger partial charge in [0.25, 0.3) is 0 Å². The van der Waals surface area contributed by atoms with Gasteiger partial charge >= 0.3 is 7.82 Å². The predicted octanol–water partition coefficient (Wildman–Crippen LogP) is 5.95. The van der Waals surface area contributed by atoms with E-state index in [0.29, 0.717) is 31.7 Å². The highest BCUT2D eigenvalue weighted by atomic mass is 31.2. The minimum atomic E-state index is -4.59. The van der Waals surface area contributed by atoms with Gasteiger partial charge in [-0.3, -0.25) is 9.32 Å². The van der Waals surface area contributed by atoms with Gasteiger partial charge in [-0.15, -0.1) is 0 Å². The number of carbonyl (C=O) groups excluding carboxylic acids is 1. The zero-order valence-electron chi connectivity index (χ0n) is 23.1. The van der Waals surface area contributed by atoms with Crippen molar-refractivity contribution in [1.82, 2.24) is 4.90 Å². The maximum atomic E-state index is 12.9. The molecule has 0 bridgehead atoms. The number of phosphoric ester groups is 1. The highest BCUT2D eigenvalue weighted by molar-refractivity contribution is 7.46. The number of hydrogen-bond acceptors (Lipinski definition) is 5. The van der Waals surface area contributed by atoms with E-state index in [1.807, 2.05) is 42.5 Å². The number of phosphoric acid groups is 1. The molecule has 0 saturated carbocycles. The summed E-state index contributed by atoms with van der Waals surface area (Å²) in [6, 6.07) is 25.9. The summed E-state index contributed by atoms with van der Waals surface area (Å²) in [6.45, 7) is 0.860. The van der Waals surface area contributed by atoms with E-state index in [-0.39, 0.29) is 19.1 Å². The van der Waals surface area contributed by atoms with Crippen LogP contribution in [0.4, 0.5) is 0 Å². The Morgan fingerprint density at radius 1 is 0.750 bits per heavy atom. The van der Waals surface area contributed by atoms with Gasteiger partial charge in [0.2, 0.25) is 5.91 Å². The van der Waals surface area contributed by atoms with Gasteiger partial charge in [0.05, 0.1) is 20.3 Å². The number of rotatable bonds is 18. The van der Waals surface area contributed by atoms with Crippen LogP contribution in [0, 0.1) is 0 Å². The molecule has 3 rings (SSSR count). The molecule has 8 nitrogen and oxygen atoms in total. The van der Waals surface area contributed by atoms with Gasteiger partial charge in [-0.2, -0.15) is 0 Å². The van der Waals surface area contributed by atoms with E-state index in [1.54, 1.807) is 12.0 Å². The molecular weight excluding hydrogens is 529 g/mol. The fourth-order valence-corrected chi connectivity index (χ4v) is 4.61. The first-order valence-corrected chi connectivity index (χ1v) is 15.2. The van der Waals surface area contributed by atoms with Crippen LogP contribution in [0.2, 0.25) is 0 Å². The molecule has 3 aromatic rings. The van der Waals surface area contributed by atoms with Crippen LogP contribution in [-0.2, 0) is 33.3 Å². The van der Waals surface area contributed by atoms with Gasteiger partial charge in [0.15, 0.2) is 0 Å². The van der Waals surface area contributed by atoms with Crippen molar-refractivity contribution in [3.05, 3.63) is 95.6 Å². The Hall–Kier alpha value is -3.16. The van der Waals surface area contributed by atoms with Crippen LogP contribution >= 0.6 is 7.82 Å². The van der Waals surface area contributed by atoms with Crippen LogP contribution in [0.15, 0.2) is 78.9 Å². The minimum Gasteiger partial charge on any atom is -0.497 e. The standard InChI is InChI=1S/C31H40NO7P/c1-37-29-18-16-28(17-19-29)25-32(22-24-39-40(34,35)36)31(33)13-6-5-11-27-14-20-30(21-15-27)38-23-8-7-12-26-9-3-2-4-10-26/h2-4,9-10,14-21H,5-8,11-13,22-25H2,1H3,(H2,34,35,36). The summed E-state index contributed by atoms with van der Waals surface area (Å²) in [4.78, 5) is 32.5. The number of ether oxygens (including phenoxy) is 2. The summed E-state index contributed by atoms with van der Waals surface area (Å²) in [5, 5.41) is 0. The van der Waals surface area contributed by atoms with Crippen molar-refractivity contribution in [1.29, 1.82) is 0 Å². The maximum absolute atomic E-state index is 12.9. The largest absolute Gasteiger partial charge is 0.497 e. The third-order valence-corrected chi connectivity index (χ3v) is 7.03. The molecule has 40 heavy (non-hydrogen) atoms. The second-order valence-corrected chi connectivity index (χ2v) is 10.9. The Bertz CT molecular complexity index is 1180. The number of unbranched alkanes of at least 4 members (excludes halogenated alkanes) is 2. The molecule has 0 atom stereocenters. The lowest BCUT2D eigenvalue weighted by Crippen LogP contribution is -2.33. The molecule has 0 heterocycles. The second kappa shape index (κ2) is 16.8. The lowest BCUT2D eigenvalue weighted by atomic mass is 10.1. The topological polar surface area (TPSA) is 106 Å². The van der Waals surface area contributed by atoms with Crippen molar-refractivity contribution in [3.8, 4) is 11.5 Å². The molecule has 2 N–H and O–H groups in total. The fraction of sp³-hybridized carbons (Fsp3) is 0.387. The Morgan fingerprint density at radius 2 is 1.35 bits per heavy atom. The van der Waals surface area contributed by atoms with E-state index >= 15 is 0 Å². The molecule has 216 valence electrons. The number of carbonyl (C=O) groups is 1. The van der Waals surface area contributed by atoms with Gasteiger partial charge in [0, 0.05) is 19.5 Å². The van der Waals surface area contributed by atoms with E-state index in [2.05, 4.69) is 40.9 Å². The number of amides is 1. The Kier molecular flexibility index (Phi) is 13.2. The van der Waals surface area contributed by atoms with E-state index in [9.17, 15) is 9.36 Å². The van der Waals surface area contributed by atoms with E-state index in [1.165, 1.54) is 11.1 Å². The Labute approximate surface area is 237 Å². The fourth-order valence-electron chi connectivity index (χ4n) is 4.29. The zero-order valence-corrected chi connectivity index (χ0v) is 24.0. The number of nitrogens with zero attached hydrogens (tertiary/aromatic N) is 1. The number of hydrogen-bond donors (Lipinski definition) is 2. The third-order valence-electron chi connectivity index (χ3n) is 6.51. The molecule has 3 aromatic carbocycles. The molecule has 0 unspecified atom stereocenters. The first-order valence-electron chi connectivity index (χ1n) is 13.7. The highest BCUT2D eigenvalue weighted by Gasteiger charge is 2.18. The highest BCUT2D eigenvalue weighted by Crippen LogP contribution is 2.35. The van der Waals surface area contributed by atoms with Gasteiger partial charge < -0.3 is 24.2 Å². The zero-order chi connectivity index (χ0) is 28.6. The third kappa shape index (κ3) is 12.3. The predicted molar refractivity (Wildman–Crippen MR) is 155 cm³/mol. The van der Waals surface area contributed by atoms with Gasteiger partial charge in [-0.05, 0) is 79.5 Å². The number of aryl methyl sites for hydroxylation is 2. The van der Waals surface area contributed by atoms with Crippen LogP contribution in [-0.4, -0.2) is 47.5 Å². The van der Waals surface area contributed by atoms with Crippen LogP contribution < -0.4 is 9.47 Å². The first kappa shape index (κ1) is 31.4. The van der Waals surface area contributed by atoms with Crippen molar-refractivity contribution >= 4 is 13.7 Å². The average molecular weight is 570 g/mol. The van der Waals surface area contributed by atoms with Crippen LogP contribution in [0.5, 0.6) is 11.5 Å².